The first kappa shape index (κ1) is 14.8. The normalized spacial score (nSPS) is 18.9. The molecule has 0 saturated carbocycles. The predicted octanol–water partition coefficient (Wildman–Crippen LogP) is 1.93. The van der Waals surface area contributed by atoms with E-state index in [1.807, 2.05) is 13.8 Å². The molecule has 7 nitrogen and oxygen atoms in total. The second-order valence-electron chi connectivity index (χ2n) is 5.64. The Morgan fingerprint density at radius 1 is 1.45 bits per heavy atom. The average molecular weight is 305 g/mol. The second-order valence-corrected chi connectivity index (χ2v) is 5.64. The van der Waals surface area contributed by atoms with E-state index in [9.17, 15) is 4.79 Å². The van der Waals surface area contributed by atoms with Crippen molar-refractivity contribution in [1.29, 1.82) is 0 Å². The number of aromatic nitrogens is 2. The Morgan fingerprint density at radius 2 is 2.32 bits per heavy atom. The summed E-state index contributed by atoms with van der Waals surface area (Å²) in [6.45, 7) is 5.43. The standard InChI is InChI=1S/C15H19N3O4/c1-10(2)14-16-17-15(22-14)12-8-18(4-6-21-12)13(19)7-11-3-5-20-9-11/h3,5,9-10,12H,4,6-8H2,1-2H3. The molecule has 1 fully saturated rings. The van der Waals surface area contributed by atoms with Crippen molar-refractivity contribution in [3.05, 3.63) is 35.9 Å². The smallest absolute Gasteiger partial charge is 0.247 e. The summed E-state index contributed by atoms with van der Waals surface area (Å²) in [4.78, 5) is 14.1. The molecule has 0 aliphatic carbocycles. The van der Waals surface area contributed by atoms with Crippen LogP contribution in [0, 0.1) is 0 Å². The summed E-state index contributed by atoms with van der Waals surface area (Å²) in [5.74, 6) is 1.23. The molecule has 1 aliphatic heterocycles. The fourth-order valence-electron chi connectivity index (χ4n) is 2.31. The number of hydrogen-bond acceptors (Lipinski definition) is 6. The van der Waals surface area contributed by atoms with Gasteiger partial charge in [-0.3, -0.25) is 4.79 Å². The Bertz CT molecular complexity index is 621. The summed E-state index contributed by atoms with van der Waals surface area (Å²) >= 11 is 0. The number of morpholine rings is 1. The SMILES string of the molecule is CC(C)c1nnc(C2CN(C(=O)Cc3ccoc3)CCO2)o1. The van der Waals surface area contributed by atoms with Gasteiger partial charge in [0.15, 0.2) is 6.10 Å². The number of carbonyl (C=O) groups excluding carboxylic acids is 1. The number of hydrogen-bond donors (Lipinski definition) is 0. The molecule has 118 valence electrons. The van der Waals surface area contributed by atoms with Crippen molar-refractivity contribution in [3.8, 4) is 0 Å². The van der Waals surface area contributed by atoms with Crippen LogP contribution in [0.3, 0.4) is 0 Å². The van der Waals surface area contributed by atoms with Gasteiger partial charge >= 0.3 is 0 Å². The summed E-state index contributed by atoms with van der Waals surface area (Å²) in [5, 5.41) is 8.05. The maximum Gasteiger partial charge on any atom is 0.247 e. The molecule has 1 saturated heterocycles. The van der Waals surface area contributed by atoms with Crippen LogP contribution in [-0.2, 0) is 16.0 Å². The fraction of sp³-hybridized carbons (Fsp3) is 0.533. The van der Waals surface area contributed by atoms with Crippen LogP contribution >= 0.6 is 0 Å². The molecule has 3 heterocycles. The van der Waals surface area contributed by atoms with Gasteiger partial charge < -0.3 is 18.5 Å². The summed E-state index contributed by atoms with van der Waals surface area (Å²) in [7, 11) is 0. The maximum absolute atomic E-state index is 12.3. The molecule has 0 bridgehead atoms. The Hall–Kier alpha value is -2.15. The van der Waals surface area contributed by atoms with E-state index in [0.717, 1.165) is 5.56 Å². The predicted molar refractivity (Wildman–Crippen MR) is 76.1 cm³/mol. The zero-order valence-electron chi connectivity index (χ0n) is 12.7. The minimum Gasteiger partial charge on any atom is -0.472 e. The van der Waals surface area contributed by atoms with Crippen LogP contribution in [0.5, 0.6) is 0 Å². The maximum atomic E-state index is 12.3. The lowest BCUT2D eigenvalue weighted by Crippen LogP contribution is -2.43. The summed E-state index contributed by atoms with van der Waals surface area (Å²) in [5.41, 5.74) is 0.868. The van der Waals surface area contributed by atoms with E-state index >= 15 is 0 Å². The fourth-order valence-corrected chi connectivity index (χ4v) is 2.31. The molecular formula is C15H19N3O4. The van der Waals surface area contributed by atoms with Gasteiger partial charge in [0.05, 0.1) is 32.1 Å². The Morgan fingerprint density at radius 3 is 3.00 bits per heavy atom. The number of carbonyl (C=O) groups is 1. The topological polar surface area (TPSA) is 81.6 Å². The molecule has 1 unspecified atom stereocenters. The minimum atomic E-state index is -0.359. The largest absolute Gasteiger partial charge is 0.472 e. The van der Waals surface area contributed by atoms with Gasteiger partial charge in [-0.05, 0) is 11.6 Å². The highest BCUT2D eigenvalue weighted by molar-refractivity contribution is 5.78. The Kier molecular flexibility index (Phi) is 4.24. The quantitative estimate of drug-likeness (QED) is 0.858. The van der Waals surface area contributed by atoms with Gasteiger partial charge in [-0.2, -0.15) is 0 Å². The molecule has 2 aromatic heterocycles. The van der Waals surface area contributed by atoms with Crippen molar-refractivity contribution < 1.29 is 18.4 Å². The molecule has 22 heavy (non-hydrogen) atoms. The number of ether oxygens (including phenoxy) is 1. The lowest BCUT2D eigenvalue weighted by atomic mass is 10.2. The highest BCUT2D eigenvalue weighted by Crippen LogP contribution is 2.23. The van der Waals surface area contributed by atoms with Crippen molar-refractivity contribution in [2.75, 3.05) is 19.7 Å². The third-order valence-electron chi connectivity index (χ3n) is 3.58. The number of furan rings is 1. The van der Waals surface area contributed by atoms with Crippen molar-refractivity contribution in [2.45, 2.75) is 32.3 Å². The van der Waals surface area contributed by atoms with Crippen molar-refractivity contribution in [1.82, 2.24) is 15.1 Å². The zero-order chi connectivity index (χ0) is 15.5. The average Bonchev–Trinajstić information content (AvgIpc) is 3.18. The first-order chi connectivity index (χ1) is 10.6. The van der Waals surface area contributed by atoms with Crippen LogP contribution in [0.2, 0.25) is 0 Å². The molecular weight excluding hydrogens is 286 g/mol. The van der Waals surface area contributed by atoms with Crippen LogP contribution in [0.1, 0.15) is 43.2 Å². The van der Waals surface area contributed by atoms with Crippen molar-refractivity contribution >= 4 is 5.91 Å². The van der Waals surface area contributed by atoms with Gasteiger partial charge in [-0.25, -0.2) is 0 Å². The minimum absolute atomic E-state index is 0.0401. The molecule has 0 N–H and O–H groups in total. The number of amides is 1. The molecule has 2 aromatic rings. The molecule has 0 spiro atoms. The van der Waals surface area contributed by atoms with E-state index in [1.165, 1.54) is 0 Å². The number of nitrogens with zero attached hydrogens (tertiary/aromatic N) is 3. The van der Waals surface area contributed by atoms with Gasteiger partial charge in [0.1, 0.15) is 0 Å². The molecule has 0 aromatic carbocycles. The number of rotatable bonds is 4. The van der Waals surface area contributed by atoms with Crippen LogP contribution in [-0.4, -0.2) is 40.7 Å². The first-order valence-corrected chi connectivity index (χ1v) is 7.37. The van der Waals surface area contributed by atoms with Gasteiger partial charge in [0.25, 0.3) is 0 Å². The molecule has 7 heteroatoms. The van der Waals surface area contributed by atoms with E-state index in [2.05, 4.69) is 10.2 Å². The summed E-state index contributed by atoms with van der Waals surface area (Å²) in [6, 6.07) is 1.79. The van der Waals surface area contributed by atoms with Gasteiger partial charge in [0.2, 0.25) is 17.7 Å². The molecule has 1 atom stereocenters. The van der Waals surface area contributed by atoms with E-state index < -0.39 is 0 Å². The van der Waals surface area contributed by atoms with Crippen molar-refractivity contribution in [3.63, 3.8) is 0 Å². The van der Waals surface area contributed by atoms with E-state index in [1.54, 1.807) is 23.5 Å². The van der Waals surface area contributed by atoms with Crippen LogP contribution < -0.4 is 0 Å². The van der Waals surface area contributed by atoms with E-state index in [0.29, 0.717) is 37.9 Å². The van der Waals surface area contributed by atoms with E-state index in [-0.39, 0.29) is 17.9 Å². The zero-order valence-corrected chi connectivity index (χ0v) is 12.7. The van der Waals surface area contributed by atoms with Crippen LogP contribution in [0.25, 0.3) is 0 Å². The lowest BCUT2D eigenvalue weighted by molar-refractivity contribution is -0.139. The first-order valence-electron chi connectivity index (χ1n) is 7.37. The van der Waals surface area contributed by atoms with Gasteiger partial charge in [0, 0.05) is 12.5 Å². The summed E-state index contributed by atoms with van der Waals surface area (Å²) < 4.78 is 16.3. The Balaban J connectivity index is 1.64. The highest BCUT2D eigenvalue weighted by atomic mass is 16.5. The van der Waals surface area contributed by atoms with Crippen LogP contribution in [0.15, 0.2) is 27.4 Å². The van der Waals surface area contributed by atoms with Crippen LogP contribution in [0.4, 0.5) is 0 Å². The lowest BCUT2D eigenvalue weighted by Gasteiger charge is -2.31. The third-order valence-corrected chi connectivity index (χ3v) is 3.58. The third kappa shape index (κ3) is 3.19. The van der Waals surface area contributed by atoms with Crippen molar-refractivity contribution in [2.24, 2.45) is 0 Å². The molecule has 3 rings (SSSR count). The van der Waals surface area contributed by atoms with E-state index in [4.69, 9.17) is 13.6 Å². The Labute approximate surface area is 128 Å². The molecule has 0 radical (unpaired) electrons. The molecule has 1 aliphatic rings. The monoisotopic (exact) mass is 305 g/mol. The molecule has 1 amide bonds. The highest BCUT2D eigenvalue weighted by Gasteiger charge is 2.29. The van der Waals surface area contributed by atoms with Gasteiger partial charge in [-0.1, -0.05) is 13.8 Å². The van der Waals surface area contributed by atoms with Gasteiger partial charge in [-0.15, -0.1) is 10.2 Å². The summed E-state index contributed by atoms with van der Waals surface area (Å²) in [6.07, 6.45) is 3.12. The second kappa shape index (κ2) is 6.31.